The van der Waals surface area contributed by atoms with Gasteiger partial charge in [-0.15, -0.1) is 0 Å². The number of aliphatic hydroxyl groups excluding tert-OH is 1. The fraction of sp³-hybridized carbons (Fsp3) is 0.500. The molecule has 0 aliphatic carbocycles. The number of aliphatic hydroxyl groups is 1. The number of imide groups is 1. The Morgan fingerprint density at radius 3 is 2.24 bits per heavy atom. The first kappa shape index (κ1) is 17.6. The molecule has 0 bridgehead atoms. The second-order valence-corrected chi connectivity index (χ2v) is 6.60. The molecule has 1 aromatic carbocycles. The van der Waals surface area contributed by atoms with Crippen molar-refractivity contribution in [3.05, 3.63) is 35.4 Å². The maximum Gasteiger partial charge on any atom is 0.302 e. The molecule has 2 amide bonds. The smallest absolute Gasteiger partial charge is 0.302 e. The van der Waals surface area contributed by atoms with Crippen LogP contribution in [0.3, 0.4) is 0 Å². The third kappa shape index (κ3) is 2.94. The molecule has 2 aliphatic heterocycles. The molecule has 2 aliphatic rings. The summed E-state index contributed by atoms with van der Waals surface area (Å²) < 4.78 is 10.6. The molecule has 2 heterocycles. The normalized spacial score (nSPS) is 31.8. The number of carbonyl (C=O) groups is 3. The third-order valence-corrected chi connectivity index (χ3v) is 5.14. The van der Waals surface area contributed by atoms with Crippen molar-refractivity contribution in [3.63, 3.8) is 0 Å². The fourth-order valence-corrected chi connectivity index (χ4v) is 3.52. The van der Waals surface area contributed by atoms with Crippen LogP contribution in [0.15, 0.2) is 24.3 Å². The Balaban J connectivity index is 1.83. The quantitative estimate of drug-likeness (QED) is 0.652. The SMILES string of the molecule is CC(=O)OCC1OC(O)C(N2C(=O)c3ccccc3C2=O)[C@@H](C)[C@@H]1C. The lowest BCUT2D eigenvalue weighted by atomic mass is 9.81. The minimum absolute atomic E-state index is 0.0206. The van der Waals surface area contributed by atoms with Crippen LogP contribution in [-0.4, -0.2) is 52.8 Å². The van der Waals surface area contributed by atoms with E-state index < -0.39 is 36.2 Å². The van der Waals surface area contributed by atoms with Crippen molar-refractivity contribution in [2.45, 2.75) is 39.2 Å². The van der Waals surface area contributed by atoms with Crippen molar-refractivity contribution < 1.29 is 29.0 Å². The molecule has 3 rings (SSSR count). The molecule has 0 aromatic heterocycles. The van der Waals surface area contributed by atoms with Crippen molar-refractivity contribution in [2.24, 2.45) is 11.8 Å². The number of ether oxygens (including phenoxy) is 2. The van der Waals surface area contributed by atoms with Crippen LogP contribution in [0.1, 0.15) is 41.5 Å². The van der Waals surface area contributed by atoms with Gasteiger partial charge in [0.1, 0.15) is 6.61 Å². The number of rotatable bonds is 3. The molecule has 7 heteroatoms. The predicted molar refractivity (Wildman–Crippen MR) is 86.6 cm³/mol. The van der Waals surface area contributed by atoms with E-state index in [0.717, 1.165) is 4.90 Å². The molecule has 0 spiro atoms. The number of esters is 1. The van der Waals surface area contributed by atoms with E-state index in [0.29, 0.717) is 11.1 Å². The minimum atomic E-state index is -1.34. The highest BCUT2D eigenvalue weighted by atomic mass is 16.6. The Labute approximate surface area is 145 Å². The van der Waals surface area contributed by atoms with Crippen LogP contribution in [0.4, 0.5) is 0 Å². The van der Waals surface area contributed by atoms with E-state index in [1.807, 2.05) is 13.8 Å². The van der Waals surface area contributed by atoms with Gasteiger partial charge in [0.15, 0.2) is 6.29 Å². The molecule has 0 radical (unpaired) electrons. The highest BCUT2D eigenvalue weighted by Crippen LogP contribution is 2.37. The van der Waals surface area contributed by atoms with Gasteiger partial charge in [-0.2, -0.15) is 0 Å². The predicted octanol–water partition coefficient (Wildman–Crippen LogP) is 1.20. The number of nitrogens with zero attached hydrogens (tertiary/aromatic N) is 1. The van der Waals surface area contributed by atoms with E-state index in [2.05, 4.69) is 0 Å². The first-order valence-electron chi connectivity index (χ1n) is 8.26. The van der Waals surface area contributed by atoms with Crippen molar-refractivity contribution >= 4 is 17.8 Å². The Morgan fingerprint density at radius 2 is 1.72 bits per heavy atom. The van der Waals surface area contributed by atoms with Gasteiger partial charge < -0.3 is 14.6 Å². The van der Waals surface area contributed by atoms with Crippen molar-refractivity contribution in [3.8, 4) is 0 Å². The average molecular weight is 347 g/mol. The van der Waals surface area contributed by atoms with Gasteiger partial charge >= 0.3 is 5.97 Å². The summed E-state index contributed by atoms with van der Waals surface area (Å²) in [5, 5.41) is 10.5. The van der Waals surface area contributed by atoms with Crippen molar-refractivity contribution in [1.82, 2.24) is 4.90 Å². The number of amides is 2. The van der Waals surface area contributed by atoms with E-state index in [1.54, 1.807) is 24.3 Å². The third-order valence-electron chi connectivity index (χ3n) is 5.14. The highest BCUT2D eigenvalue weighted by Gasteiger charge is 2.50. The summed E-state index contributed by atoms with van der Waals surface area (Å²) in [5.74, 6) is -1.64. The number of carbonyl (C=O) groups excluding carboxylic acids is 3. The number of hydrogen-bond donors (Lipinski definition) is 1. The van der Waals surface area contributed by atoms with Crippen LogP contribution in [0.2, 0.25) is 0 Å². The zero-order chi connectivity index (χ0) is 18.3. The van der Waals surface area contributed by atoms with Crippen LogP contribution in [0.25, 0.3) is 0 Å². The van der Waals surface area contributed by atoms with Crippen LogP contribution in [-0.2, 0) is 14.3 Å². The zero-order valence-electron chi connectivity index (χ0n) is 14.3. The Bertz CT molecular complexity index is 682. The summed E-state index contributed by atoms with van der Waals surface area (Å²) in [6.07, 6.45) is -1.84. The molecule has 5 atom stereocenters. The Hall–Kier alpha value is -2.25. The molecular weight excluding hydrogens is 326 g/mol. The first-order chi connectivity index (χ1) is 11.8. The summed E-state index contributed by atoms with van der Waals surface area (Å²) in [6.45, 7) is 5.06. The summed E-state index contributed by atoms with van der Waals surface area (Å²) in [5.41, 5.74) is 0.670. The second-order valence-electron chi connectivity index (χ2n) is 6.60. The Morgan fingerprint density at radius 1 is 1.16 bits per heavy atom. The molecule has 0 saturated carbocycles. The number of fused-ring (bicyclic) bond motifs is 1. The van der Waals surface area contributed by atoms with Crippen LogP contribution in [0.5, 0.6) is 0 Å². The molecule has 3 unspecified atom stereocenters. The standard InChI is InChI=1S/C18H21NO6/c1-9-10(2)15(18(23)25-14(9)8-24-11(3)20)19-16(21)12-6-4-5-7-13(12)17(19)22/h4-7,9-10,14-15,18,23H,8H2,1-3H3/t9-,10-,14?,15?,18?/m0/s1. The van der Waals surface area contributed by atoms with Gasteiger partial charge in [-0.05, 0) is 24.0 Å². The van der Waals surface area contributed by atoms with Crippen molar-refractivity contribution in [2.75, 3.05) is 6.61 Å². The van der Waals surface area contributed by atoms with Crippen LogP contribution < -0.4 is 0 Å². The van der Waals surface area contributed by atoms with Gasteiger partial charge in [0, 0.05) is 6.92 Å². The molecular formula is C18H21NO6. The lowest BCUT2D eigenvalue weighted by Gasteiger charge is -2.45. The minimum Gasteiger partial charge on any atom is -0.463 e. The monoisotopic (exact) mass is 347 g/mol. The first-order valence-corrected chi connectivity index (χ1v) is 8.26. The fourth-order valence-electron chi connectivity index (χ4n) is 3.52. The molecule has 1 N–H and O–H groups in total. The van der Waals surface area contributed by atoms with Gasteiger partial charge in [0.2, 0.25) is 0 Å². The second kappa shape index (κ2) is 6.57. The Kier molecular flexibility index (Phi) is 4.62. The number of hydrogen-bond acceptors (Lipinski definition) is 6. The lowest BCUT2D eigenvalue weighted by molar-refractivity contribution is -0.233. The van der Waals surface area contributed by atoms with E-state index in [-0.39, 0.29) is 18.4 Å². The molecule has 1 aromatic rings. The molecule has 1 fully saturated rings. The van der Waals surface area contributed by atoms with Gasteiger partial charge in [-0.25, -0.2) is 0 Å². The van der Waals surface area contributed by atoms with Gasteiger partial charge in [0.25, 0.3) is 11.8 Å². The molecule has 134 valence electrons. The zero-order valence-corrected chi connectivity index (χ0v) is 14.3. The van der Waals surface area contributed by atoms with Crippen LogP contribution >= 0.6 is 0 Å². The lowest BCUT2D eigenvalue weighted by Crippen LogP contribution is -2.59. The molecule has 25 heavy (non-hydrogen) atoms. The summed E-state index contributed by atoms with van der Waals surface area (Å²) in [4.78, 5) is 37.4. The summed E-state index contributed by atoms with van der Waals surface area (Å²) >= 11 is 0. The van der Waals surface area contributed by atoms with E-state index >= 15 is 0 Å². The number of benzene rings is 1. The molecule has 7 nitrogen and oxygen atoms in total. The topological polar surface area (TPSA) is 93.1 Å². The van der Waals surface area contributed by atoms with Gasteiger partial charge in [0.05, 0.1) is 23.3 Å². The van der Waals surface area contributed by atoms with E-state index in [4.69, 9.17) is 9.47 Å². The summed E-state index contributed by atoms with van der Waals surface area (Å²) in [6, 6.07) is 5.80. The van der Waals surface area contributed by atoms with Gasteiger partial charge in [-0.3, -0.25) is 19.3 Å². The molecule has 1 saturated heterocycles. The maximum absolute atomic E-state index is 12.7. The van der Waals surface area contributed by atoms with Crippen molar-refractivity contribution in [1.29, 1.82) is 0 Å². The summed E-state index contributed by atoms with van der Waals surface area (Å²) in [7, 11) is 0. The van der Waals surface area contributed by atoms with E-state index in [9.17, 15) is 19.5 Å². The average Bonchev–Trinajstić information content (AvgIpc) is 2.82. The maximum atomic E-state index is 12.7. The van der Waals surface area contributed by atoms with Crippen LogP contribution in [0, 0.1) is 11.8 Å². The highest BCUT2D eigenvalue weighted by molar-refractivity contribution is 6.21. The van der Waals surface area contributed by atoms with E-state index in [1.165, 1.54) is 6.92 Å². The largest absolute Gasteiger partial charge is 0.463 e. The van der Waals surface area contributed by atoms with Gasteiger partial charge in [-0.1, -0.05) is 26.0 Å².